The van der Waals surface area contributed by atoms with Crippen LogP contribution in [0.1, 0.15) is 39.1 Å². The normalized spacial score (nSPS) is 13.9. The van der Waals surface area contributed by atoms with Gasteiger partial charge in [0.05, 0.1) is 22.9 Å². The molecule has 1 aliphatic rings. The SMILES string of the molecule is O=C(Nc1ccc(Cl)cc1C(=O)Nc1ccc(Cl)cn1)c1ccc(C2(CNCCO)CC2)cc1. The number of amides is 2. The summed E-state index contributed by atoms with van der Waals surface area (Å²) < 4.78 is 0. The summed E-state index contributed by atoms with van der Waals surface area (Å²) in [4.78, 5) is 29.8. The van der Waals surface area contributed by atoms with Crippen molar-refractivity contribution in [3.05, 3.63) is 87.5 Å². The highest BCUT2D eigenvalue weighted by Gasteiger charge is 2.43. The van der Waals surface area contributed by atoms with Crippen LogP contribution in [-0.2, 0) is 5.41 Å². The van der Waals surface area contributed by atoms with Crippen LogP contribution in [-0.4, -0.2) is 41.6 Å². The smallest absolute Gasteiger partial charge is 0.258 e. The highest BCUT2D eigenvalue weighted by Crippen LogP contribution is 2.47. The summed E-state index contributed by atoms with van der Waals surface area (Å²) in [5.74, 6) is -0.477. The van der Waals surface area contributed by atoms with Crippen LogP contribution in [0.2, 0.25) is 10.0 Å². The Morgan fingerprint density at radius 3 is 2.32 bits per heavy atom. The molecule has 0 bridgehead atoms. The molecule has 9 heteroatoms. The van der Waals surface area contributed by atoms with Crippen LogP contribution in [0.3, 0.4) is 0 Å². The van der Waals surface area contributed by atoms with E-state index in [1.54, 1.807) is 36.4 Å². The largest absolute Gasteiger partial charge is 0.395 e. The second kappa shape index (κ2) is 10.5. The van der Waals surface area contributed by atoms with Crippen LogP contribution >= 0.6 is 23.2 Å². The van der Waals surface area contributed by atoms with Gasteiger partial charge in [-0.05, 0) is 60.9 Å². The molecule has 4 rings (SSSR count). The summed E-state index contributed by atoms with van der Waals surface area (Å²) >= 11 is 11.9. The molecule has 0 spiro atoms. The first-order valence-electron chi connectivity index (χ1n) is 10.9. The zero-order valence-corrected chi connectivity index (χ0v) is 19.8. The first kappa shape index (κ1) is 24.2. The molecule has 2 aromatic carbocycles. The number of pyridine rings is 1. The monoisotopic (exact) mass is 498 g/mol. The Hall–Kier alpha value is -2.97. The van der Waals surface area contributed by atoms with E-state index in [2.05, 4.69) is 20.9 Å². The Bertz CT molecular complexity index is 1180. The Morgan fingerprint density at radius 1 is 0.941 bits per heavy atom. The minimum absolute atomic E-state index is 0.0707. The maximum Gasteiger partial charge on any atom is 0.258 e. The number of halogens is 2. The minimum Gasteiger partial charge on any atom is -0.395 e. The van der Waals surface area contributed by atoms with Gasteiger partial charge >= 0.3 is 0 Å². The molecule has 0 radical (unpaired) electrons. The van der Waals surface area contributed by atoms with Gasteiger partial charge < -0.3 is 21.1 Å². The fourth-order valence-corrected chi connectivity index (χ4v) is 4.03. The van der Waals surface area contributed by atoms with Gasteiger partial charge in [-0.3, -0.25) is 9.59 Å². The summed E-state index contributed by atoms with van der Waals surface area (Å²) in [7, 11) is 0. The third-order valence-corrected chi connectivity index (χ3v) is 6.27. The lowest BCUT2D eigenvalue weighted by Crippen LogP contribution is -2.29. The van der Waals surface area contributed by atoms with Gasteiger partial charge in [-0.2, -0.15) is 0 Å². The molecule has 1 aromatic heterocycles. The lowest BCUT2D eigenvalue weighted by molar-refractivity contribution is 0.102. The van der Waals surface area contributed by atoms with E-state index < -0.39 is 5.91 Å². The minimum atomic E-state index is -0.464. The van der Waals surface area contributed by atoms with Crippen molar-refractivity contribution < 1.29 is 14.7 Å². The van der Waals surface area contributed by atoms with Gasteiger partial charge in [-0.15, -0.1) is 0 Å². The Balaban J connectivity index is 1.47. The molecular weight excluding hydrogens is 475 g/mol. The van der Waals surface area contributed by atoms with Crippen LogP contribution < -0.4 is 16.0 Å². The quantitative estimate of drug-likeness (QED) is 0.325. The number of benzene rings is 2. The summed E-state index contributed by atoms with van der Waals surface area (Å²) in [6.45, 7) is 1.47. The number of carbonyl (C=O) groups excluding carboxylic acids is 2. The fourth-order valence-electron chi connectivity index (χ4n) is 3.74. The second-order valence-electron chi connectivity index (χ2n) is 8.22. The average Bonchev–Trinajstić information content (AvgIpc) is 3.63. The Morgan fingerprint density at radius 2 is 1.68 bits per heavy atom. The van der Waals surface area contributed by atoms with E-state index in [4.69, 9.17) is 28.3 Å². The van der Waals surface area contributed by atoms with Gasteiger partial charge in [0.2, 0.25) is 0 Å². The molecule has 7 nitrogen and oxygen atoms in total. The van der Waals surface area contributed by atoms with Crippen molar-refractivity contribution in [2.75, 3.05) is 30.3 Å². The van der Waals surface area contributed by atoms with Crippen LogP contribution in [0.25, 0.3) is 0 Å². The van der Waals surface area contributed by atoms with E-state index in [-0.39, 0.29) is 23.5 Å². The molecule has 1 heterocycles. The molecule has 2 amide bonds. The van der Waals surface area contributed by atoms with Crippen LogP contribution in [0, 0.1) is 0 Å². The number of aromatic nitrogens is 1. The molecule has 0 aliphatic heterocycles. The maximum atomic E-state index is 12.9. The molecule has 1 saturated carbocycles. The zero-order valence-electron chi connectivity index (χ0n) is 18.3. The zero-order chi connectivity index (χ0) is 24.1. The second-order valence-corrected chi connectivity index (χ2v) is 9.09. The number of rotatable bonds is 9. The van der Waals surface area contributed by atoms with Gasteiger partial charge in [0.15, 0.2) is 0 Å². The molecule has 1 aliphatic carbocycles. The van der Waals surface area contributed by atoms with E-state index in [0.29, 0.717) is 33.7 Å². The number of anilines is 2. The van der Waals surface area contributed by atoms with Gasteiger partial charge in [-0.1, -0.05) is 35.3 Å². The summed E-state index contributed by atoms with van der Waals surface area (Å²) in [6, 6.07) is 15.4. The molecule has 0 unspecified atom stereocenters. The first-order chi connectivity index (χ1) is 16.4. The first-order valence-corrected chi connectivity index (χ1v) is 11.6. The number of nitrogens with zero attached hydrogens (tertiary/aromatic N) is 1. The lowest BCUT2D eigenvalue weighted by Gasteiger charge is -2.17. The highest BCUT2D eigenvalue weighted by atomic mass is 35.5. The molecular formula is C25H24Cl2N4O3. The van der Waals surface area contributed by atoms with Gasteiger partial charge in [0.1, 0.15) is 5.82 Å². The van der Waals surface area contributed by atoms with Gasteiger partial charge in [0, 0.05) is 35.3 Å². The predicted molar refractivity (Wildman–Crippen MR) is 134 cm³/mol. The average molecular weight is 499 g/mol. The van der Waals surface area contributed by atoms with E-state index >= 15 is 0 Å². The number of hydrogen-bond donors (Lipinski definition) is 4. The Kier molecular flexibility index (Phi) is 7.48. The van der Waals surface area contributed by atoms with Crippen LogP contribution in [0.5, 0.6) is 0 Å². The molecule has 34 heavy (non-hydrogen) atoms. The Labute approximate surface area is 207 Å². The fraction of sp³-hybridized carbons (Fsp3) is 0.240. The molecule has 176 valence electrons. The number of aliphatic hydroxyl groups excluding tert-OH is 1. The van der Waals surface area contributed by atoms with E-state index in [1.807, 2.05) is 12.1 Å². The molecule has 1 fully saturated rings. The van der Waals surface area contributed by atoms with Crippen LogP contribution in [0.4, 0.5) is 11.5 Å². The van der Waals surface area contributed by atoms with Crippen molar-refractivity contribution in [2.24, 2.45) is 0 Å². The lowest BCUT2D eigenvalue weighted by atomic mass is 9.94. The number of nitrogens with one attached hydrogen (secondary N) is 3. The number of hydrogen-bond acceptors (Lipinski definition) is 5. The van der Waals surface area contributed by atoms with E-state index in [9.17, 15) is 9.59 Å². The van der Waals surface area contributed by atoms with Crippen molar-refractivity contribution in [2.45, 2.75) is 18.3 Å². The van der Waals surface area contributed by atoms with Gasteiger partial charge in [-0.25, -0.2) is 4.98 Å². The van der Waals surface area contributed by atoms with Crippen molar-refractivity contribution in [3.63, 3.8) is 0 Å². The van der Waals surface area contributed by atoms with Crippen molar-refractivity contribution in [1.82, 2.24) is 10.3 Å². The molecule has 4 N–H and O–H groups in total. The van der Waals surface area contributed by atoms with E-state index in [1.165, 1.54) is 12.3 Å². The highest BCUT2D eigenvalue weighted by molar-refractivity contribution is 6.31. The summed E-state index contributed by atoms with van der Waals surface area (Å²) in [5.41, 5.74) is 2.25. The van der Waals surface area contributed by atoms with E-state index in [0.717, 1.165) is 24.9 Å². The van der Waals surface area contributed by atoms with Crippen LogP contribution in [0.15, 0.2) is 60.8 Å². The third kappa shape index (κ3) is 5.74. The number of carbonyl (C=O) groups is 2. The molecule has 0 atom stereocenters. The van der Waals surface area contributed by atoms with Crippen molar-refractivity contribution in [1.29, 1.82) is 0 Å². The number of aliphatic hydroxyl groups is 1. The standard InChI is InChI=1S/C25H24Cl2N4O3/c26-18-5-7-21(20(13-18)24(34)31-22-8-6-19(27)14-29-22)30-23(33)16-1-3-17(4-2-16)25(9-10-25)15-28-11-12-32/h1-8,13-14,28,32H,9-12,15H2,(H,30,33)(H,29,31,34). The molecule has 3 aromatic rings. The maximum absolute atomic E-state index is 12.9. The topological polar surface area (TPSA) is 103 Å². The molecule has 0 saturated heterocycles. The predicted octanol–water partition coefficient (Wildman–Crippen LogP) is 4.51. The third-order valence-electron chi connectivity index (χ3n) is 5.81. The van der Waals surface area contributed by atoms with Crippen molar-refractivity contribution >= 4 is 46.5 Å². The summed E-state index contributed by atoms with van der Waals surface area (Å²) in [6.07, 6.45) is 3.57. The van der Waals surface area contributed by atoms with Crippen molar-refractivity contribution in [3.8, 4) is 0 Å². The van der Waals surface area contributed by atoms with Gasteiger partial charge in [0.25, 0.3) is 11.8 Å². The summed E-state index contributed by atoms with van der Waals surface area (Å²) in [5, 5.41) is 18.5.